The summed E-state index contributed by atoms with van der Waals surface area (Å²) in [5.41, 5.74) is 4.43. The number of carbonyl (C=O) groups excluding carboxylic acids is 3. The normalized spacial score (nSPS) is 20.0. The number of benzene rings is 3. The van der Waals surface area contributed by atoms with Gasteiger partial charge >= 0.3 is 0 Å². The summed E-state index contributed by atoms with van der Waals surface area (Å²) in [6, 6.07) is 15.0. The van der Waals surface area contributed by atoms with Gasteiger partial charge in [-0.05, 0) is 55.5 Å². The zero-order valence-electron chi connectivity index (χ0n) is 22.3. The van der Waals surface area contributed by atoms with Gasteiger partial charge in [-0.15, -0.1) is 0 Å². The molecule has 3 aromatic rings. The third-order valence-electron chi connectivity index (χ3n) is 7.00. The van der Waals surface area contributed by atoms with E-state index in [-0.39, 0.29) is 0 Å². The number of amides is 3. The molecule has 0 unspecified atom stereocenters. The second-order valence-electron chi connectivity index (χ2n) is 9.15. The minimum Gasteiger partial charge on any atom is -0.496 e. The van der Waals surface area contributed by atoms with Crippen LogP contribution in [0.2, 0.25) is 0 Å². The number of methoxy groups -OCH3 is 3. The summed E-state index contributed by atoms with van der Waals surface area (Å²) in [7, 11) is 4.50. The third-order valence-corrected chi connectivity index (χ3v) is 7.50. The molecule has 0 aliphatic carbocycles. The van der Waals surface area contributed by atoms with Crippen molar-refractivity contribution in [2.24, 2.45) is 5.92 Å². The molecule has 11 heteroatoms. The van der Waals surface area contributed by atoms with E-state index < -0.39 is 35.7 Å². The van der Waals surface area contributed by atoms with Crippen molar-refractivity contribution in [1.82, 2.24) is 10.4 Å². The third kappa shape index (κ3) is 4.65. The average molecular weight is 610 g/mol. The molecule has 0 bridgehead atoms. The van der Waals surface area contributed by atoms with Crippen molar-refractivity contribution in [2.45, 2.75) is 19.0 Å². The monoisotopic (exact) mass is 609 g/mol. The van der Waals surface area contributed by atoms with Gasteiger partial charge in [0.1, 0.15) is 17.5 Å². The molecule has 0 spiro atoms. The van der Waals surface area contributed by atoms with Gasteiger partial charge in [0.2, 0.25) is 5.91 Å². The number of rotatable bonds is 8. The van der Waals surface area contributed by atoms with Gasteiger partial charge in [-0.1, -0.05) is 22.0 Å². The lowest BCUT2D eigenvalue weighted by molar-refractivity contribution is -0.123. The number of imide groups is 1. The van der Waals surface area contributed by atoms with Crippen molar-refractivity contribution in [3.63, 3.8) is 0 Å². The predicted octanol–water partition coefficient (Wildman–Crippen LogP) is 4.13. The minimum atomic E-state index is -1.10. The molecule has 2 heterocycles. The van der Waals surface area contributed by atoms with Crippen LogP contribution in [0.1, 0.15) is 28.9 Å². The van der Waals surface area contributed by atoms with Crippen molar-refractivity contribution < 1.29 is 33.3 Å². The Morgan fingerprint density at radius 3 is 2.20 bits per heavy atom. The number of hydrazine groups is 1. The highest BCUT2D eigenvalue weighted by Crippen LogP contribution is 2.47. The fraction of sp³-hybridized carbons (Fsp3) is 0.276. The van der Waals surface area contributed by atoms with Crippen LogP contribution in [-0.2, 0) is 9.59 Å². The second-order valence-corrected chi connectivity index (χ2v) is 10.1. The molecular formula is C29H28BrN3O7. The van der Waals surface area contributed by atoms with Crippen LogP contribution >= 0.6 is 15.9 Å². The van der Waals surface area contributed by atoms with Crippen LogP contribution in [0.3, 0.4) is 0 Å². The summed E-state index contributed by atoms with van der Waals surface area (Å²) >= 11 is 3.40. The van der Waals surface area contributed by atoms with Crippen molar-refractivity contribution in [2.75, 3.05) is 32.8 Å². The molecule has 10 nitrogen and oxygen atoms in total. The fourth-order valence-corrected chi connectivity index (χ4v) is 5.60. The van der Waals surface area contributed by atoms with Gasteiger partial charge in [0.05, 0.1) is 45.6 Å². The van der Waals surface area contributed by atoms with Crippen LogP contribution in [-0.4, -0.2) is 56.7 Å². The summed E-state index contributed by atoms with van der Waals surface area (Å²) in [6.07, 6.45) is 0. The largest absolute Gasteiger partial charge is 0.496 e. The Bertz CT molecular complexity index is 1460. The number of nitrogens with one attached hydrogen (secondary N) is 1. The van der Waals surface area contributed by atoms with Gasteiger partial charge in [0, 0.05) is 21.7 Å². The highest BCUT2D eigenvalue weighted by atomic mass is 79.9. The quantitative estimate of drug-likeness (QED) is 0.380. The number of carbonyl (C=O) groups is 3. The molecule has 2 fully saturated rings. The van der Waals surface area contributed by atoms with Crippen molar-refractivity contribution >= 4 is 39.3 Å². The minimum absolute atomic E-state index is 0.348. The number of hydrogen-bond donors (Lipinski definition) is 1. The molecule has 208 valence electrons. The number of hydrogen-bond acceptors (Lipinski definition) is 8. The average Bonchev–Trinajstić information content (AvgIpc) is 3.48. The van der Waals surface area contributed by atoms with Gasteiger partial charge in [-0.3, -0.25) is 19.4 Å². The van der Waals surface area contributed by atoms with Gasteiger partial charge < -0.3 is 18.9 Å². The molecule has 2 aliphatic rings. The molecular weight excluding hydrogens is 582 g/mol. The summed E-state index contributed by atoms with van der Waals surface area (Å²) in [4.78, 5) is 42.9. The van der Waals surface area contributed by atoms with E-state index in [1.165, 1.54) is 26.3 Å². The topological polar surface area (TPSA) is 107 Å². The summed E-state index contributed by atoms with van der Waals surface area (Å²) in [6.45, 7) is 2.35. The molecule has 2 saturated heterocycles. The maximum Gasteiger partial charge on any atom is 0.268 e. The smallest absolute Gasteiger partial charge is 0.268 e. The van der Waals surface area contributed by atoms with E-state index in [4.69, 9.17) is 18.9 Å². The number of nitrogens with zero attached hydrogens (tertiary/aromatic N) is 2. The van der Waals surface area contributed by atoms with Crippen LogP contribution in [0.4, 0.5) is 5.69 Å². The number of ether oxygens (including phenoxy) is 4. The maximum absolute atomic E-state index is 14.0. The highest BCUT2D eigenvalue weighted by molar-refractivity contribution is 9.10. The highest BCUT2D eigenvalue weighted by Gasteiger charge is 2.61. The van der Waals surface area contributed by atoms with E-state index in [2.05, 4.69) is 21.4 Å². The van der Waals surface area contributed by atoms with Crippen molar-refractivity contribution in [3.05, 3.63) is 76.3 Å². The molecule has 0 aromatic heterocycles. The maximum atomic E-state index is 14.0. The van der Waals surface area contributed by atoms with Crippen LogP contribution in [0.5, 0.6) is 23.0 Å². The van der Waals surface area contributed by atoms with E-state index in [1.807, 2.05) is 6.92 Å². The molecule has 2 aliphatic heterocycles. The standard InChI is InChI=1S/C29H28BrN3O7/c1-5-40-19-11-9-18(10-12-19)32-28(35)24-25(20-14-22(38-3)23(39-4)15-21(20)37-2)31-33(26(24)29(32)36)27(34)16-7-6-8-17(30)13-16/h6-15,24-26,31H,5H2,1-4H3/t24-,25+,26-/m1/s1. The Morgan fingerprint density at radius 2 is 1.57 bits per heavy atom. The Labute approximate surface area is 239 Å². The Kier molecular flexibility index (Phi) is 7.68. The molecule has 0 saturated carbocycles. The lowest BCUT2D eigenvalue weighted by atomic mass is 9.90. The first-order valence-corrected chi connectivity index (χ1v) is 13.4. The Balaban J connectivity index is 1.61. The number of fused-ring (bicyclic) bond motifs is 1. The predicted molar refractivity (Wildman–Crippen MR) is 150 cm³/mol. The zero-order chi connectivity index (χ0) is 28.6. The lowest BCUT2D eigenvalue weighted by Gasteiger charge is -2.26. The molecule has 5 rings (SSSR count). The Hall–Kier alpha value is -4.09. The second kappa shape index (κ2) is 11.2. The molecule has 40 heavy (non-hydrogen) atoms. The number of halogens is 1. The van der Waals surface area contributed by atoms with Gasteiger partial charge in [-0.25, -0.2) is 10.3 Å². The van der Waals surface area contributed by atoms with Gasteiger partial charge in [0.25, 0.3) is 11.8 Å². The van der Waals surface area contributed by atoms with Crippen LogP contribution in [0.25, 0.3) is 0 Å². The SMILES string of the molecule is CCOc1ccc(N2C(=O)[C@@H]3[C@H](c4cc(OC)c(OC)cc4OC)NN(C(=O)c4cccc(Br)c4)[C@H]3C2=O)cc1. The van der Waals surface area contributed by atoms with E-state index >= 15 is 0 Å². The summed E-state index contributed by atoms with van der Waals surface area (Å²) in [5, 5.41) is 1.25. The van der Waals surface area contributed by atoms with Crippen LogP contribution < -0.4 is 29.3 Å². The molecule has 0 radical (unpaired) electrons. The Morgan fingerprint density at radius 1 is 0.900 bits per heavy atom. The van der Waals surface area contributed by atoms with Crippen molar-refractivity contribution in [1.29, 1.82) is 0 Å². The van der Waals surface area contributed by atoms with Crippen LogP contribution in [0, 0.1) is 5.92 Å². The zero-order valence-corrected chi connectivity index (χ0v) is 23.9. The first kappa shape index (κ1) is 27.5. The lowest BCUT2D eigenvalue weighted by Crippen LogP contribution is -2.48. The van der Waals surface area contributed by atoms with Crippen molar-refractivity contribution in [3.8, 4) is 23.0 Å². The van der Waals surface area contributed by atoms with Gasteiger partial charge in [-0.2, -0.15) is 0 Å². The van der Waals surface area contributed by atoms with E-state index in [9.17, 15) is 14.4 Å². The molecule has 3 amide bonds. The first-order valence-electron chi connectivity index (χ1n) is 12.6. The molecule has 3 aromatic carbocycles. The molecule has 3 atom stereocenters. The first-order chi connectivity index (χ1) is 19.3. The van der Waals surface area contributed by atoms with E-state index in [1.54, 1.807) is 60.7 Å². The molecule has 1 N–H and O–H groups in total. The van der Waals surface area contributed by atoms with Gasteiger partial charge in [0.15, 0.2) is 11.5 Å². The van der Waals surface area contributed by atoms with E-state index in [0.29, 0.717) is 50.9 Å². The van der Waals surface area contributed by atoms with Crippen LogP contribution in [0.15, 0.2) is 65.1 Å². The summed E-state index contributed by atoms with van der Waals surface area (Å²) in [5.74, 6) is -0.486. The summed E-state index contributed by atoms with van der Waals surface area (Å²) < 4.78 is 22.8. The van der Waals surface area contributed by atoms with E-state index in [0.717, 1.165) is 4.90 Å². The fourth-order valence-electron chi connectivity index (χ4n) is 5.20. The number of anilines is 1.